The van der Waals surface area contributed by atoms with Crippen LogP contribution in [-0.4, -0.2) is 15.2 Å². The lowest BCUT2D eigenvalue weighted by Crippen LogP contribution is -2.61. The summed E-state index contributed by atoms with van der Waals surface area (Å²) in [7, 11) is -2.13. The summed E-state index contributed by atoms with van der Waals surface area (Å²) in [5.74, 6) is 0. The van der Waals surface area contributed by atoms with Gasteiger partial charge in [0.05, 0.1) is 7.59 Å². The normalized spacial score (nSPS) is 13.0. The first kappa shape index (κ1) is 10.7. The standard InChI is InChI=1S/C11H20Si2/c1-12(2,3)13(4,5)11-9-7-6-8-10-11/h6-10H,1-5H3. The van der Waals surface area contributed by atoms with Gasteiger partial charge in [0.1, 0.15) is 0 Å². The molecule has 0 atom stereocenters. The molecule has 0 saturated heterocycles. The van der Waals surface area contributed by atoms with E-state index in [1.165, 1.54) is 0 Å². The third-order valence-electron chi connectivity index (χ3n) is 3.37. The fourth-order valence-electron chi connectivity index (χ4n) is 1.29. The topological polar surface area (TPSA) is 0 Å². The summed E-state index contributed by atoms with van der Waals surface area (Å²) in [6, 6.07) is 11.1. The Kier molecular flexibility index (Phi) is 2.83. The summed E-state index contributed by atoms with van der Waals surface area (Å²) in [6.07, 6.45) is 0. The minimum Gasteiger partial charge on any atom is -0.0712 e. The predicted octanol–water partition coefficient (Wildman–Crippen LogP) is 3.02. The van der Waals surface area contributed by atoms with Crippen molar-refractivity contribution in [1.29, 1.82) is 0 Å². The highest BCUT2D eigenvalue weighted by molar-refractivity contribution is 7.45. The summed E-state index contributed by atoms with van der Waals surface area (Å²) in [4.78, 5) is 0. The molecule has 0 aliphatic carbocycles. The maximum Gasteiger partial charge on any atom is 0.0736 e. The van der Waals surface area contributed by atoms with Crippen LogP contribution in [0.2, 0.25) is 32.7 Å². The zero-order valence-electron chi connectivity index (χ0n) is 9.39. The molecule has 0 aliphatic rings. The molecule has 0 heterocycles. The van der Waals surface area contributed by atoms with Crippen LogP contribution in [0.1, 0.15) is 0 Å². The molecule has 1 aromatic rings. The highest BCUT2D eigenvalue weighted by Crippen LogP contribution is 2.18. The minimum absolute atomic E-state index is 0.987. The predicted molar refractivity (Wildman–Crippen MR) is 66.9 cm³/mol. The number of hydrogen-bond acceptors (Lipinski definition) is 0. The lowest BCUT2D eigenvalue weighted by molar-refractivity contribution is 1.69. The average molecular weight is 208 g/mol. The van der Waals surface area contributed by atoms with E-state index in [0.717, 1.165) is 0 Å². The lowest BCUT2D eigenvalue weighted by Gasteiger charge is -2.35. The summed E-state index contributed by atoms with van der Waals surface area (Å²) in [5.41, 5.74) is 0. The Morgan fingerprint density at radius 1 is 0.769 bits per heavy atom. The van der Waals surface area contributed by atoms with Crippen molar-refractivity contribution in [1.82, 2.24) is 0 Å². The molecule has 0 radical (unpaired) electrons. The van der Waals surface area contributed by atoms with Crippen LogP contribution in [0.3, 0.4) is 0 Å². The zero-order chi connectivity index (χ0) is 10.1. The van der Waals surface area contributed by atoms with Crippen molar-refractivity contribution in [3.8, 4) is 0 Å². The van der Waals surface area contributed by atoms with Crippen molar-refractivity contribution < 1.29 is 0 Å². The van der Waals surface area contributed by atoms with Gasteiger partial charge in [-0.3, -0.25) is 0 Å². The minimum atomic E-state index is -1.14. The third kappa shape index (κ3) is 2.12. The Morgan fingerprint density at radius 3 is 1.62 bits per heavy atom. The molecular formula is C11H20Si2. The number of hydrogen-bond donors (Lipinski definition) is 0. The molecule has 0 fully saturated rings. The van der Waals surface area contributed by atoms with Crippen LogP contribution in [0, 0.1) is 0 Å². The summed E-state index contributed by atoms with van der Waals surface area (Å²) >= 11 is 0. The molecule has 0 N–H and O–H groups in total. The fraction of sp³-hybridized carbons (Fsp3) is 0.455. The Morgan fingerprint density at radius 2 is 1.23 bits per heavy atom. The Balaban J connectivity index is 3.08. The largest absolute Gasteiger partial charge is 0.0736 e. The van der Waals surface area contributed by atoms with Gasteiger partial charge in [0.25, 0.3) is 0 Å². The number of benzene rings is 1. The van der Waals surface area contributed by atoms with Gasteiger partial charge < -0.3 is 0 Å². The lowest BCUT2D eigenvalue weighted by atomic mass is 10.4. The Labute approximate surface area is 83.8 Å². The van der Waals surface area contributed by atoms with Crippen molar-refractivity contribution in [2.45, 2.75) is 32.7 Å². The summed E-state index contributed by atoms with van der Waals surface area (Å²) in [5, 5.41) is 1.62. The van der Waals surface area contributed by atoms with Crippen molar-refractivity contribution in [2.24, 2.45) is 0 Å². The molecule has 0 aliphatic heterocycles. The van der Waals surface area contributed by atoms with E-state index in [-0.39, 0.29) is 0 Å². The first-order valence-corrected chi connectivity index (χ1v) is 12.4. The van der Waals surface area contributed by atoms with E-state index in [1.807, 2.05) is 0 Å². The van der Waals surface area contributed by atoms with Gasteiger partial charge in [-0.15, -0.1) is 0 Å². The molecule has 13 heavy (non-hydrogen) atoms. The van der Waals surface area contributed by atoms with E-state index < -0.39 is 15.2 Å². The van der Waals surface area contributed by atoms with E-state index >= 15 is 0 Å². The second-order valence-corrected chi connectivity index (χ2v) is 21.8. The van der Waals surface area contributed by atoms with Crippen LogP contribution < -0.4 is 5.19 Å². The van der Waals surface area contributed by atoms with E-state index in [1.54, 1.807) is 5.19 Å². The Bertz CT molecular complexity index is 270. The van der Waals surface area contributed by atoms with Crippen LogP contribution in [0.5, 0.6) is 0 Å². The summed E-state index contributed by atoms with van der Waals surface area (Å²) in [6.45, 7) is 12.5. The van der Waals surface area contributed by atoms with Gasteiger partial charge in [-0.1, -0.05) is 68.3 Å². The molecule has 1 aromatic carbocycles. The van der Waals surface area contributed by atoms with Crippen molar-refractivity contribution in [3.05, 3.63) is 30.3 Å². The first-order valence-electron chi connectivity index (χ1n) is 4.91. The molecule has 0 spiro atoms. The molecular weight excluding hydrogens is 188 g/mol. The van der Waals surface area contributed by atoms with E-state index in [0.29, 0.717) is 0 Å². The molecule has 72 valence electrons. The van der Waals surface area contributed by atoms with E-state index in [2.05, 4.69) is 63.1 Å². The molecule has 1 rings (SSSR count). The van der Waals surface area contributed by atoms with Crippen LogP contribution in [0.25, 0.3) is 0 Å². The molecule has 0 nitrogen and oxygen atoms in total. The van der Waals surface area contributed by atoms with Gasteiger partial charge >= 0.3 is 0 Å². The van der Waals surface area contributed by atoms with Gasteiger partial charge in [0, 0.05) is 7.59 Å². The maximum atomic E-state index is 2.51. The fourth-order valence-corrected chi connectivity index (χ4v) is 6.28. The highest BCUT2D eigenvalue weighted by Gasteiger charge is 2.37. The molecule has 0 bridgehead atoms. The SMILES string of the molecule is C[Si](C)(C)[Si](C)(C)c1ccccc1. The number of rotatable bonds is 2. The second-order valence-electron chi connectivity index (χ2n) is 5.24. The molecule has 0 amide bonds. The monoisotopic (exact) mass is 208 g/mol. The van der Waals surface area contributed by atoms with Gasteiger partial charge in [0.15, 0.2) is 0 Å². The molecule has 2 heteroatoms. The zero-order valence-corrected chi connectivity index (χ0v) is 11.4. The van der Waals surface area contributed by atoms with Gasteiger partial charge in [-0.2, -0.15) is 0 Å². The van der Waals surface area contributed by atoms with Gasteiger partial charge in [-0.05, 0) is 0 Å². The average Bonchev–Trinajstić information content (AvgIpc) is 2.04. The second kappa shape index (κ2) is 3.42. The Hall–Kier alpha value is -0.346. The van der Waals surface area contributed by atoms with Crippen molar-refractivity contribution in [3.63, 3.8) is 0 Å². The maximum absolute atomic E-state index is 2.51. The van der Waals surface area contributed by atoms with Gasteiger partial charge in [0.2, 0.25) is 0 Å². The van der Waals surface area contributed by atoms with Crippen LogP contribution >= 0.6 is 0 Å². The van der Waals surface area contributed by atoms with E-state index in [9.17, 15) is 0 Å². The van der Waals surface area contributed by atoms with Crippen LogP contribution in [0.15, 0.2) is 30.3 Å². The first-order chi connectivity index (χ1) is 5.86. The van der Waals surface area contributed by atoms with Crippen molar-refractivity contribution in [2.75, 3.05) is 0 Å². The molecule has 0 unspecified atom stereocenters. The van der Waals surface area contributed by atoms with E-state index in [4.69, 9.17) is 0 Å². The third-order valence-corrected chi connectivity index (χ3v) is 21.0. The smallest absolute Gasteiger partial charge is 0.0712 e. The van der Waals surface area contributed by atoms with Crippen molar-refractivity contribution >= 4 is 20.4 Å². The highest BCUT2D eigenvalue weighted by atomic mass is 29.3. The van der Waals surface area contributed by atoms with Crippen LogP contribution in [-0.2, 0) is 0 Å². The molecule has 0 saturated carbocycles. The van der Waals surface area contributed by atoms with Gasteiger partial charge in [-0.25, -0.2) is 0 Å². The molecule has 0 aromatic heterocycles. The summed E-state index contributed by atoms with van der Waals surface area (Å²) < 4.78 is 0. The van der Waals surface area contributed by atoms with Crippen LogP contribution in [0.4, 0.5) is 0 Å². The quantitative estimate of drug-likeness (QED) is 0.656.